The van der Waals surface area contributed by atoms with E-state index in [2.05, 4.69) is 10.3 Å². The van der Waals surface area contributed by atoms with Crippen molar-refractivity contribution in [2.45, 2.75) is 32.9 Å². The number of nitrogens with zero attached hydrogens (tertiary/aromatic N) is 1. The Kier molecular flexibility index (Phi) is 6.14. The molecular formula is C15H17F3N2O. The van der Waals surface area contributed by atoms with Crippen LogP contribution >= 0.6 is 0 Å². The highest BCUT2D eigenvalue weighted by Gasteiger charge is 2.31. The number of anilines is 1. The maximum atomic E-state index is 12.8. The van der Waals surface area contributed by atoms with Gasteiger partial charge in [0.05, 0.1) is 11.3 Å². The number of aldehydes is 1. The van der Waals surface area contributed by atoms with Crippen molar-refractivity contribution in [2.75, 3.05) is 5.32 Å². The van der Waals surface area contributed by atoms with Gasteiger partial charge in [-0.1, -0.05) is 26.0 Å². The smallest absolute Gasteiger partial charge is 0.338 e. The Balaban J connectivity index is 2.97. The van der Waals surface area contributed by atoms with Crippen LogP contribution in [0.1, 0.15) is 25.8 Å². The molecule has 0 saturated heterocycles. The largest absolute Gasteiger partial charge is 0.416 e. The van der Waals surface area contributed by atoms with Crippen molar-refractivity contribution in [3.63, 3.8) is 0 Å². The lowest BCUT2D eigenvalue weighted by Crippen LogP contribution is -2.12. The SMILES string of the molecule is CC/C=C(/C=C(/C=O)Nc1ccc(CC)cn1)C(F)(F)F. The summed E-state index contributed by atoms with van der Waals surface area (Å²) in [6.07, 6.45) is 0.292. The molecule has 0 aliphatic rings. The van der Waals surface area contributed by atoms with E-state index in [4.69, 9.17) is 0 Å². The monoisotopic (exact) mass is 298 g/mol. The Bertz CT molecular complexity index is 531. The molecule has 3 nitrogen and oxygen atoms in total. The maximum absolute atomic E-state index is 12.8. The number of alkyl halides is 3. The van der Waals surface area contributed by atoms with Gasteiger partial charge in [-0.3, -0.25) is 4.79 Å². The van der Waals surface area contributed by atoms with Gasteiger partial charge < -0.3 is 5.32 Å². The lowest BCUT2D eigenvalue weighted by molar-refractivity contribution is -0.104. The highest BCUT2D eigenvalue weighted by Crippen LogP contribution is 2.27. The third-order valence-electron chi connectivity index (χ3n) is 2.69. The fourth-order valence-electron chi connectivity index (χ4n) is 1.60. The molecule has 0 aliphatic heterocycles. The van der Waals surface area contributed by atoms with Crippen LogP contribution in [-0.2, 0) is 11.2 Å². The van der Waals surface area contributed by atoms with E-state index in [1.807, 2.05) is 6.92 Å². The number of carbonyl (C=O) groups excluding carboxylic acids is 1. The van der Waals surface area contributed by atoms with Crippen LogP contribution in [0.5, 0.6) is 0 Å². The molecule has 0 unspecified atom stereocenters. The number of halogens is 3. The van der Waals surface area contributed by atoms with Crippen LogP contribution in [0, 0.1) is 0 Å². The summed E-state index contributed by atoms with van der Waals surface area (Å²) in [5.41, 5.74) is -0.0485. The molecule has 0 aromatic carbocycles. The fourth-order valence-corrected chi connectivity index (χ4v) is 1.60. The average Bonchev–Trinajstić information content (AvgIpc) is 2.45. The quantitative estimate of drug-likeness (QED) is 0.489. The Labute approximate surface area is 121 Å². The van der Waals surface area contributed by atoms with Crippen molar-refractivity contribution in [3.05, 3.63) is 47.3 Å². The molecule has 0 saturated carbocycles. The van der Waals surface area contributed by atoms with E-state index in [0.29, 0.717) is 12.1 Å². The first-order chi connectivity index (χ1) is 9.90. The number of carbonyl (C=O) groups is 1. The Hall–Kier alpha value is -2.11. The lowest BCUT2D eigenvalue weighted by Gasteiger charge is -2.10. The first kappa shape index (κ1) is 16.9. The van der Waals surface area contributed by atoms with Gasteiger partial charge in [0.1, 0.15) is 5.82 Å². The first-order valence-electron chi connectivity index (χ1n) is 6.56. The van der Waals surface area contributed by atoms with Gasteiger partial charge in [-0.15, -0.1) is 0 Å². The van der Waals surface area contributed by atoms with E-state index in [0.717, 1.165) is 24.1 Å². The highest BCUT2D eigenvalue weighted by atomic mass is 19.4. The summed E-state index contributed by atoms with van der Waals surface area (Å²) in [4.78, 5) is 15.0. The summed E-state index contributed by atoms with van der Waals surface area (Å²) >= 11 is 0. The van der Waals surface area contributed by atoms with E-state index in [-0.39, 0.29) is 12.1 Å². The second kappa shape index (κ2) is 7.61. The van der Waals surface area contributed by atoms with Crippen molar-refractivity contribution in [1.29, 1.82) is 0 Å². The topological polar surface area (TPSA) is 42.0 Å². The van der Waals surface area contributed by atoms with Crippen molar-refractivity contribution in [1.82, 2.24) is 4.98 Å². The molecule has 6 heteroatoms. The van der Waals surface area contributed by atoms with Crippen molar-refractivity contribution < 1.29 is 18.0 Å². The zero-order valence-corrected chi connectivity index (χ0v) is 11.9. The van der Waals surface area contributed by atoms with E-state index >= 15 is 0 Å². The van der Waals surface area contributed by atoms with Gasteiger partial charge in [0.2, 0.25) is 0 Å². The molecule has 0 fully saturated rings. The minimum absolute atomic E-state index is 0.191. The number of allylic oxidation sites excluding steroid dienone is 4. The number of hydrogen-bond donors (Lipinski definition) is 1. The van der Waals surface area contributed by atoms with E-state index < -0.39 is 11.7 Å². The van der Waals surface area contributed by atoms with E-state index in [9.17, 15) is 18.0 Å². The van der Waals surface area contributed by atoms with E-state index in [1.165, 1.54) is 0 Å². The van der Waals surface area contributed by atoms with Gasteiger partial charge in [0.25, 0.3) is 0 Å². The molecule has 0 radical (unpaired) electrons. The van der Waals surface area contributed by atoms with Crippen LogP contribution in [0.15, 0.2) is 41.8 Å². The molecule has 0 spiro atoms. The van der Waals surface area contributed by atoms with Gasteiger partial charge in [0, 0.05) is 6.20 Å². The van der Waals surface area contributed by atoms with Gasteiger partial charge >= 0.3 is 6.18 Å². The summed E-state index contributed by atoms with van der Waals surface area (Å²) in [6, 6.07) is 3.41. The van der Waals surface area contributed by atoms with E-state index in [1.54, 1.807) is 25.3 Å². The van der Waals surface area contributed by atoms with Crippen molar-refractivity contribution >= 4 is 12.1 Å². The lowest BCUT2D eigenvalue weighted by atomic mass is 10.2. The molecule has 0 aliphatic carbocycles. The van der Waals surface area contributed by atoms with Crippen LogP contribution in [0.2, 0.25) is 0 Å². The number of pyridine rings is 1. The summed E-state index contributed by atoms with van der Waals surface area (Å²) in [5.74, 6) is 0.323. The molecule has 1 N–H and O–H groups in total. The standard InChI is InChI=1S/C15H17F3N2O/c1-3-5-12(15(16,17)18)8-13(10-21)20-14-7-6-11(4-2)9-19-14/h5-10H,3-4H2,1-2H3,(H,19,20)/b12-5-,13-8-. The number of hydrogen-bond acceptors (Lipinski definition) is 3. The molecule has 114 valence electrons. The van der Waals surface area contributed by atoms with Crippen LogP contribution in [-0.4, -0.2) is 17.4 Å². The Morgan fingerprint density at radius 1 is 1.33 bits per heavy atom. The second-order valence-corrected chi connectivity index (χ2v) is 4.31. The predicted octanol–water partition coefficient (Wildman–Crippen LogP) is 4.04. The number of aryl methyl sites for hydroxylation is 1. The zero-order chi connectivity index (χ0) is 15.9. The van der Waals surface area contributed by atoms with Crippen LogP contribution in [0.4, 0.5) is 19.0 Å². The van der Waals surface area contributed by atoms with Gasteiger partial charge in [-0.05, 0) is 30.5 Å². The molecule has 1 heterocycles. The fraction of sp³-hybridized carbons (Fsp3) is 0.333. The molecule has 0 bridgehead atoms. The minimum Gasteiger partial charge on any atom is -0.338 e. The van der Waals surface area contributed by atoms with Gasteiger partial charge in [0.15, 0.2) is 6.29 Å². The number of rotatable bonds is 6. The molecular weight excluding hydrogens is 281 g/mol. The summed E-state index contributed by atoms with van der Waals surface area (Å²) in [7, 11) is 0. The van der Waals surface area contributed by atoms with Gasteiger partial charge in [-0.25, -0.2) is 4.98 Å². The second-order valence-electron chi connectivity index (χ2n) is 4.31. The first-order valence-corrected chi connectivity index (χ1v) is 6.56. The molecule has 1 rings (SSSR count). The minimum atomic E-state index is -4.49. The summed E-state index contributed by atoms with van der Waals surface area (Å²) in [5, 5.41) is 2.58. The Morgan fingerprint density at radius 2 is 2.05 bits per heavy atom. The number of nitrogens with one attached hydrogen (secondary N) is 1. The normalized spacial score (nSPS) is 13.2. The predicted molar refractivity (Wildman–Crippen MR) is 75.8 cm³/mol. The number of aromatic nitrogens is 1. The molecule has 1 aromatic rings. The van der Waals surface area contributed by atoms with Crippen molar-refractivity contribution in [2.24, 2.45) is 0 Å². The Morgan fingerprint density at radius 3 is 2.48 bits per heavy atom. The third kappa shape index (κ3) is 5.41. The van der Waals surface area contributed by atoms with Crippen LogP contribution in [0.3, 0.4) is 0 Å². The molecule has 21 heavy (non-hydrogen) atoms. The maximum Gasteiger partial charge on any atom is 0.416 e. The molecule has 1 aromatic heterocycles. The zero-order valence-electron chi connectivity index (χ0n) is 11.9. The summed E-state index contributed by atoms with van der Waals surface area (Å²) in [6.45, 7) is 3.56. The summed E-state index contributed by atoms with van der Waals surface area (Å²) < 4.78 is 38.3. The van der Waals surface area contributed by atoms with Crippen LogP contribution in [0.25, 0.3) is 0 Å². The highest BCUT2D eigenvalue weighted by molar-refractivity contribution is 5.79. The van der Waals surface area contributed by atoms with Crippen LogP contribution < -0.4 is 5.32 Å². The third-order valence-corrected chi connectivity index (χ3v) is 2.69. The van der Waals surface area contributed by atoms with Gasteiger partial charge in [-0.2, -0.15) is 13.2 Å². The molecule has 0 atom stereocenters. The molecule has 0 amide bonds. The van der Waals surface area contributed by atoms with Crippen molar-refractivity contribution in [3.8, 4) is 0 Å². The average molecular weight is 298 g/mol.